The van der Waals surface area contributed by atoms with Crippen molar-refractivity contribution < 1.29 is 13.1 Å². The van der Waals surface area contributed by atoms with Crippen LogP contribution in [0.3, 0.4) is 0 Å². The lowest BCUT2D eigenvalue weighted by Crippen LogP contribution is -2.39. The lowest BCUT2D eigenvalue weighted by molar-refractivity contribution is -0.646. The highest BCUT2D eigenvalue weighted by molar-refractivity contribution is 7.92. The largest absolute Gasteiger partial charge is 0.618 e. The van der Waals surface area contributed by atoms with Crippen LogP contribution in [-0.4, -0.2) is 20.4 Å². The molecule has 2 aromatic rings. The van der Waals surface area contributed by atoms with Crippen molar-refractivity contribution in [1.82, 2.24) is 4.98 Å². The fourth-order valence-corrected chi connectivity index (χ4v) is 3.26. The molecule has 106 valence electrons. The highest BCUT2D eigenvalue weighted by Gasteiger charge is 2.30. The van der Waals surface area contributed by atoms with E-state index >= 15 is 0 Å². The quantitative estimate of drug-likeness (QED) is 0.634. The van der Waals surface area contributed by atoms with Gasteiger partial charge in [-0.1, -0.05) is 23.2 Å². The van der Waals surface area contributed by atoms with E-state index in [1.165, 1.54) is 37.5 Å². The third-order valence-electron chi connectivity index (χ3n) is 2.50. The number of rotatable bonds is 3. The fraction of sp³-hybridized carbons (Fsp3) is 0.0909. The van der Waals surface area contributed by atoms with E-state index in [2.05, 4.69) is 4.98 Å². The van der Waals surface area contributed by atoms with Crippen LogP contribution in [0, 0.1) is 5.21 Å². The van der Waals surface area contributed by atoms with Crippen molar-refractivity contribution in [3.63, 3.8) is 0 Å². The topological polar surface area (TPSA) is 77.2 Å². The molecule has 0 aliphatic carbocycles. The van der Waals surface area contributed by atoms with E-state index in [0.717, 1.165) is 10.5 Å². The van der Waals surface area contributed by atoms with Crippen LogP contribution >= 0.6 is 23.2 Å². The number of hydrogen-bond acceptors (Lipinski definition) is 4. The van der Waals surface area contributed by atoms with Gasteiger partial charge in [-0.15, -0.1) is 0 Å². The van der Waals surface area contributed by atoms with Gasteiger partial charge >= 0.3 is 15.0 Å². The Labute approximate surface area is 125 Å². The zero-order chi connectivity index (χ0) is 14.9. The molecule has 0 unspecified atom stereocenters. The lowest BCUT2D eigenvalue weighted by Gasteiger charge is -2.18. The molecule has 0 aliphatic heterocycles. The molecule has 0 atom stereocenters. The number of anilines is 1. The maximum atomic E-state index is 12.4. The van der Waals surface area contributed by atoms with Crippen molar-refractivity contribution in [3.8, 4) is 0 Å². The van der Waals surface area contributed by atoms with Gasteiger partial charge in [0.2, 0.25) is 0 Å². The van der Waals surface area contributed by atoms with Gasteiger partial charge in [0, 0.05) is 25.4 Å². The Morgan fingerprint density at radius 3 is 2.65 bits per heavy atom. The fourth-order valence-electron chi connectivity index (χ4n) is 1.51. The summed E-state index contributed by atoms with van der Waals surface area (Å²) in [6.45, 7) is 0. The molecule has 0 N–H and O–H groups in total. The first kappa shape index (κ1) is 14.8. The van der Waals surface area contributed by atoms with Crippen LogP contribution in [0.2, 0.25) is 10.0 Å². The van der Waals surface area contributed by atoms with Crippen molar-refractivity contribution >= 4 is 39.0 Å². The van der Waals surface area contributed by atoms with Crippen LogP contribution in [0.4, 0.5) is 5.82 Å². The van der Waals surface area contributed by atoms with E-state index in [0.29, 0.717) is 0 Å². The second-order valence-corrected chi connectivity index (χ2v) is 6.56. The highest BCUT2D eigenvalue weighted by atomic mass is 35.5. The number of nitrogens with zero attached hydrogens (tertiary/aromatic N) is 3. The van der Waals surface area contributed by atoms with Crippen LogP contribution in [0.1, 0.15) is 0 Å². The predicted molar refractivity (Wildman–Crippen MR) is 75.2 cm³/mol. The van der Waals surface area contributed by atoms with Gasteiger partial charge in [0.05, 0.1) is 10.0 Å². The molecular formula is C11H9Cl2N3O3S. The minimum absolute atomic E-state index is 0.0140. The smallest absolute Gasteiger partial charge is 0.329 e. The molecular weight excluding hydrogens is 325 g/mol. The number of sulfonamides is 1. The first-order chi connectivity index (χ1) is 9.34. The minimum atomic E-state index is -4.06. The summed E-state index contributed by atoms with van der Waals surface area (Å²) in [5, 5.41) is 11.5. The standard InChI is InChI=1S/C11H9Cl2N3O3S/c1-15(11-9(13)6-8(12)7-14-11)20(18,19)10-4-2-3-5-16(10)17/h2-7H,1H3. The molecule has 6 nitrogen and oxygen atoms in total. The Hall–Kier alpha value is -1.57. The van der Waals surface area contributed by atoms with Crippen LogP contribution in [0.25, 0.3) is 0 Å². The van der Waals surface area contributed by atoms with Crippen molar-refractivity contribution in [3.05, 3.63) is 51.9 Å². The molecule has 0 radical (unpaired) electrons. The van der Waals surface area contributed by atoms with Gasteiger partial charge in [0.25, 0.3) is 0 Å². The Morgan fingerprint density at radius 2 is 2.05 bits per heavy atom. The second-order valence-electron chi connectivity index (χ2n) is 3.80. The third-order valence-corrected chi connectivity index (χ3v) is 4.72. The summed E-state index contributed by atoms with van der Waals surface area (Å²) < 4.78 is 25.8. The summed E-state index contributed by atoms with van der Waals surface area (Å²) in [7, 11) is -2.81. The monoisotopic (exact) mass is 333 g/mol. The number of pyridine rings is 2. The highest BCUT2D eigenvalue weighted by Crippen LogP contribution is 2.28. The third kappa shape index (κ3) is 2.65. The number of hydrogen-bond donors (Lipinski definition) is 0. The summed E-state index contributed by atoms with van der Waals surface area (Å²) in [4.78, 5) is 3.87. The zero-order valence-corrected chi connectivity index (χ0v) is 12.5. The number of aromatic nitrogens is 2. The summed E-state index contributed by atoms with van der Waals surface area (Å²) in [6.07, 6.45) is 2.36. The molecule has 0 fully saturated rings. The van der Waals surface area contributed by atoms with E-state index < -0.39 is 15.0 Å². The Kier molecular flexibility index (Phi) is 4.03. The minimum Gasteiger partial charge on any atom is -0.618 e. The molecule has 9 heteroatoms. The molecule has 2 aromatic heterocycles. The van der Waals surface area contributed by atoms with Crippen LogP contribution in [0.5, 0.6) is 0 Å². The molecule has 0 aromatic carbocycles. The molecule has 2 rings (SSSR count). The van der Waals surface area contributed by atoms with E-state index in [-0.39, 0.29) is 20.6 Å². The van der Waals surface area contributed by atoms with Gasteiger partial charge in [-0.25, -0.2) is 9.29 Å². The molecule has 0 spiro atoms. The Bertz CT molecular complexity index is 752. The summed E-state index contributed by atoms with van der Waals surface area (Å²) in [5.74, 6) is -0.0140. The van der Waals surface area contributed by atoms with Crippen molar-refractivity contribution in [2.45, 2.75) is 5.03 Å². The normalized spacial score (nSPS) is 11.3. The maximum absolute atomic E-state index is 12.4. The van der Waals surface area contributed by atoms with Crippen LogP contribution < -0.4 is 9.04 Å². The molecule has 0 bridgehead atoms. The van der Waals surface area contributed by atoms with Crippen LogP contribution in [-0.2, 0) is 10.0 Å². The van der Waals surface area contributed by atoms with Gasteiger partial charge in [0.15, 0.2) is 12.0 Å². The first-order valence-corrected chi connectivity index (χ1v) is 7.52. The first-order valence-electron chi connectivity index (χ1n) is 5.32. The second kappa shape index (κ2) is 5.43. The average molecular weight is 334 g/mol. The number of halogens is 2. The van der Waals surface area contributed by atoms with Crippen LogP contribution in [0.15, 0.2) is 41.7 Å². The van der Waals surface area contributed by atoms with Gasteiger partial charge in [-0.2, -0.15) is 13.1 Å². The Morgan fingerprint density at radius 1 is 1.35 bits per heavy atom. The van der Waals surface area contributed by atoms with Gasteiger partial charge in [0.1, 0.15) is 0 Å². The predicted octanol–water partition coefficient (Wildman–Crippen LogP) is 1.85. The van der Waals surface area contributed by atoms with E-state index in [1.54, 1.807) is 0 Å². The lowest BCUT2D eigenvalue weighted by atomic mass is 10.4. The Balaban J connectivity index is 2.52. The van der Waals surface area contributed by atoms with Gasteiger partial charge in [-0.05, 0) is 12.1 Å². The zero-order valence-electron chi connectivity index (χ0n) is 10.2. The summed E-state index contributed by atoms with van der Waals surface area (Å²) in [5.41, 5.74) is 0. The summed E-state index contributed by atoms with van der Waals surface area (Å²) >= 11 is 11.6. The molecule has 2 heterocycles. The van der Waals surface area contributed by atoms with E-state index in [1.807, 2.05) is 0 Å². The molecule has 0 saturated heterocycles. The van der Waals surface area contributed by atoms with Crippen molar-refractivity contribution in [2.75, 3.05) is 11.4 Å². The van der Waals surface area contributed by atoms with Crippen molar-refractivity contribution in [2.24, 2.45) is 0 Å². The van der Waals surface area contributed by atoms with E-state index in [9.17, 15) is 13.6 Å². The van der Waals surface area contributed by atoms with Gasteiger partial charge < -0.3 is 5.21 Å². The molecule has 0 saturated carbocycles. The maximum Gasteiger partial charge on any atom is 0.329 e. The molecule has 0 amide bonds. The van der Waals surface area contributed by atoms with Gasteiger partial charge in [-0.3, -0.25) is 0 Å². The van der Waals surface area contributed by atoms with E-state index in [4.69, 9.17) is 23.2 Å². The van der Waals surface area contributed by atoms with Crippen molar-refractivity contribution in [1.29, 1.82) is 0 Å². The SMILES string of the molecule is CN(c1ncc(Cl)cc1Cl)S(=O)(=O)c1cccc[n+]1[O-]. The molecule has 20 heavy (non-hydrogen) atoms. The molecule has 0 aliphatic rings. The average Bonchev–Trinajstić information content (AvgIpc) is 2.38. The summed E-state index contributed by atoms with van der Waals surface area (Å²) in [6, 6.07) is 5.45.